The molecule has 0 saturated heterocycles. The topological polar surface area (TPSA) is 136 Å². The molecule has 1 aromatic rings. The number of nitrogens with zero attached hydrogens (tertiary/aromatic N) is 4. The second-order valence-corrected chi connectivity index (χ2v) is 6.70. The molecule has 2 atom stereocenters. The van der Waals surface area contributed by atoms with Crippen LogP contribution in [0.1, 0.15) is 18.4 Å². The Morgan fingerprint density at radius 3 is 2.48 bits per heavy atom. The minimum atomic E-state index is -1.93. The Morgan fingerprint density at radius 1 is 1.32 bits per heavy atom. The van der Waals surface area contributed by atoms with Gasteiger partial charge in [0.1, 0.15) is 0 Å². The molecule has 1 aliphatic carbocycles. The second-order valence-electron chi connectivity index (χ2n) is 5.78. The zero-order chi connectivity index (χ0) is 18.4. The maximum atomic E-state index is 12.7. The van der Waals surface area contributed by atoms with Crippen molar-refractivity contribution in [1.29, 1.82) is 15.8 Å². The Morgan fingerprint density at radius 2 is 2.00 bits per heavy atom. The molecule has 3 rings (SSSR count). The van der Waals surface area contributed by atoms with Crippen molar-refractivity contribution in [2.24, 2.45) is 21.7 Å². The first-order valence-electron chi connectivity index (χ1n) is 7.15. The van der Waals surface area contributed by atoms with E-state index in [2.05, 4.69) is 21.1 Å². The molecule has 25 heavy (non-hydrogen) atoms. The quantitative estimate of drug-likeness (QED) is 0.723. The van der Waals surface area contributed by atoms with Gasteiger partial charge < -0.3 is 10.6 Å². The van der Waals surface area contributed by atoms with Crippen LogP contribution in [0.25, 0.3) is 0 Å². The number of carbonyl (C=O) groups excluding carboxylic acids is 1. The summed E-state index contributed by atoms with van der Waals surface area (Å²) < 4.78 is 0.690. The molecule has 0 aromatic heterocycles. The fraction of sp³-hybridized carbons (Fsp3) is 0.235. The Kier molecular flexibility index (Phi) is 3.64. The Labute approximate surface area is 151 Å². The first kappa shape index (κ1) is 16.7. The maximum Gasteiger partial charge on any atom is 0.353 e. The van der Waals surface area contributed by atoms with E-state index in [-0.39, 0.29) is 17.0 Å². The smallest absolute Gasteiger partial charge is 0.353 e. The lowest BCUT2D eigenvalue weighted by atomic mass is 9.62. The molecular weight excluding hydrogens is 386 g/mol. The molecule has 2 aliphatic rings. The minimum Gasteiger partial charge on any atom is -0.400 e. The lowest BCUT2D eigenvalue weighted by Gasteiger charge is -2.33. The summed E-state index contributed by atoms with van der Waals surface area (Å²) in [4.78, 5) is 17.5. The van der Waals surface area contributed by atoms with Crippen LogP contribution in [-0.4, -0.2) is 11.7 Å². The van der Waals surface area contributed by atoms with Crippen LogP contribution in [-0.2, 0) is 9.63 Å². The van der Waals surface area contributed by atoms with Crippen LogP contribution < -0.4 is 5.73 Å². The molecule has 0 amide bonds. The molecule has 122 valence electrons. The largest absolute Gasteiger partial charge is 0.400 e. The Bertz CT molecular complexity index is 978. The molecule has 0 radical (unpaired) electrons. The van der Waals surface area contributed by atoms with Crippen LogP contribution in [0, 0.1) is 44.8 Å². The van der Waals surface area contributed by atoms with E-state index in [1.165, 1.54) is 6.92 Å². The molecule has 8 heteroatoms. The van der Waals surface area contributed by atoms with Gasteiger partial charge in [0.05, 0.1) is 29.5 Å². The van der Waals surface area contributed by atoms with Crippen LogP contribution in [0.4, 0.5) is 0 Å². The SMILES string of the molecule is CC1=NOC(=O)[C@@]12C(N)=C(C#N)C(C#N)(C#N)[C@H]2c1cccc(Br)c1. The molecule has 1 aliphatic heterocycles. The van der Waals surface area contributed by atoms with Crippen LogP contribution >= 0.6 is 15.9 Å². The van der Waals surface area contributed by atoms with E-state index in [1.54, 1.807) is 24.3 Å². The summed E-state index contributed by atoms with van der Waals surface area (Å²) in [5.41, 5.74) is 2.89. The summed E-state index contributed by atoms with van der Waals surface area (Å²) in [7, 11) is 0. The highest BCUT2D eigenvalue weighted by molar-refractivity contribution is 9.10. The molecule has 7 nitrogen and oxygen atoms in total. The highest BCUT2D eigenvalue weighted by Gasteiger charge is 2.71. The van der Waals surface area contributed by atoms with E-state index in [0.717, 1.165) is 0 Å². The van der Waals surface area contributed by atoms with Crippen molar-refractivity contribution in [1.82, 2.24) is 0 Å². The molecule has 0 unspecified atom stereocenters. The average Bonchev–Trinajstić information content (AvgIpc) is 3.02. The molecule has 2 N–H and O–H groups in total. The molecule has 0 saturated carbocycles. The van der Waals surface area contributed by atoms with Gasteiger partial charge in [0.15, 0.2) is 10.8 Å². The number of oxime groups is 1. The minimum absolute atomic E-state index is 0.160. The van der Waals surface area contributed by atoms with Crippen molar-refractivity contribution in [2.45, 2.75) is 12.8 Å². The molecule has 0 bridgehead atoms. The summed E-state index contributed by atoms with van der Waals surface area (Å²) in [5, 5.41) is 33.0. The van der Waals surface area contributed by atoms with Crippen LogP contribution in [0.2, 0.25) is 0 Å². The Hall–Kier alpha value is -3.15. The van der Waals surface area contributed by atoms with Crippen LogP contribution in [0.15, 0.2) is 45.2 Å². The average molecular weight is 396 g/mol. The molecule has 1 spiro atoms. The zero-order valence-corrected chi connectivity index (χ0v) is 14.5. The number of carbonyl (C=O) groups is 1. The standard InChI is InChI=1S/C17H10BrN5O2/c1-9-17(15(24)25-23-9)13(10-3-2-4-11(18)5-10)16(7-20,8-21)12(6-19)14(17)22/h2-5,13H,22H2,1H3/t13-,17+/m1/s1. The van der Waals surface area contributed by atoms with Gasteiger partial charge in [0.2, 0.25) is 0 Å². The fourth-order valence-electron chi connectivity index (χ4n) is 3.67. The normalized spacial score (nSPS) is 26.6. The maximum absolute atomic E-state index is 12.7. The number of nitrogens with two attached hydrogens (primary N) is 1. The van der Waals surface area contributed by atoms with Gasteiger partial charge in [-0.25, -0.2) is 4.79 Å². The molecule has 1 heterocycles. The molecule has 1 aromatic carbocycles. The van der Waals surface area contributed by atoms with Gasteiger partial charge in [-0.3, -0.25) is 0 Å². The third-order valence-electron chi connectivity index (χ3n) is 4.76. The number of rotatable bonds is 1. The van der Waals surface area contributed by atoms with Gasteiger partial charge in [-0.1, -0.05) is 33.2 Å². The lowest BCUT2D eigenvalue weighted by Crippen LogP contribution is -2.45. The second kappa shape index (κ2) is 5.44. The highest BCUT2D eigenvalue weighted by Crippen LogP contribution is 2.62. The summed E-state index contributed by atoms with van der Waals surface area (Å²) in [6.45, 7) is 1.53. The van der Waals surface area contributed by atoms with Crippen LogP contribution in [0.5, 0.6) is 0 Å². The first-order chi connectivity index (χ1) is 11.9. The van der Waals surface area contributed by atoms with Gasteiger partial charge in [-0.15, -0.1) is 0 Å². The van der Waals surface area contributed by atoms with Crippen molar-refractivity contribution in [3.05, 3.63) is 45.6 Å². The van der Waals surface area contributed by atoms with Crippen LogP contribution in [0.3, 0.4) is 0 Å². The van der Waals surface area contributed by atoms with E-state index in [0.29, 0.717) is 10.0 Å². The monoisotopic (exact) mass is 395 g/mol. The Balaban J connectivity index is 2.46. The van der Waals surface area contributed by atoms with E-state index in [9.17, 15) is 20.6 Å². The number of allylic oxidation sites excluding steroid dienone is 1. The van der Waals surface area contributed by atoms with Crippen molar-refractivity contribution >= 4 is 27.6 Å². The number of halogens is 1. The summed E-state index contributed by atoms with van der Waals surface area (Å²) in [5.74, 6) is -1.85. The van der Waals surface area contributed by atoms with E-state index >= 15 is 0 Å². The van der Waals surface area contributed by atoms with Gasteiger partial charge in [-0.2, -0.15) is 15.8 Å². The van der Waals surface area contributed by atoms with Crippen molar-refractivity contribution < 1.29 is 9.63 Å². The third kappa shape index (κ3) is 1.82. The van der Waals surface area contributed by atoms with Gasteiger partial charge in [-0.05, 0) is 24.6 Å². The number of nitriles is 3. The van der Waals surface area contributed by atoms with E-state index in [1.807, 2.05) is 18.2 Å². The highest BCUT2D eigenvalue weighted by atomic mass is 79.9. The van der Waals surface area contributed by atoms with Gasteiger partial charge in [0.25, 0.3) is 0 Å². The van der Waals surface area contributed by atoms with E-state index < -0.39 is 22.7 Å². The van der Waals surface area contributed by atoms with Crippen molar-refractivity contribution in [3.63, 3.8) is 0 Å². The van der Waals surface area contributed by atoms with Crippen molar-refractivity contribution in [3.8, 4) is 18.2 Å². The van der Waals surface area contributed by atoms with Gasteiger partial charge >= 0.3 is 5.97 Å². The molecule has 0 fully saturated rings. The number of hydrogen-bond acceptors (Lipinski definition) is 7. The first-order valence-corrected chi connectivity index (χ1v) is 7.94. The van der Waals surface area contributed by atoms with Crippen molar-refractivity contribution in [2.75, 3.05) is 0 Å². The predicted octanol–water partition coefficient (Wildman–Crippen LogP) is 2.24. The summed E-state index contributed by atoms with van der Waals surface area (Å²) in [6, 6.07) is 12.5. The fourth-order valence-corrected chi connectivity index (χ4v) is 4.08. The van der Waals surface area contributed by atoms with Gasteiger partial charge in [0, 0.05) is 16.1 Å². The number of hydrogen-bond donors (Lipinski definition) is 1. The lowest BCUT2D eigenvalue weighted by molar-refractivity contribution is -0.147. The third-order valence-corrected chi connectivity index (χ3v) is 5.25. The summed E-state index contributed by atoms with van der Waals surface area (Å²) >= 11 is 3.34. The van der Waals surface area contributed by atoms with E-state index in [4.69, 9.17) is 10.6 Å². The summed E-state index contributed by atoms with van der Waals surface area (Å²) in [6.07, 6.45) is 0. The molecular formula is C17H10BrN5O2. The number of benzene rings is 1. The zero-order valence-electron chi connectivity index (χ0n) is 12.9. The predicted molar refractivity (Wildman–Crippen MR) is 89.0 cm³/mol.